The number of hydrogen-bond donors (Lipinski definition) is 2. The summed E-state index contributed by atoms with van der Waals surface area (Å²) in [6.07, 6.45) is -0.693. The first kappa shape index (κ1) is 16.6. The molecule has 0 aromatic heterocycles. The summed E-state index contributed by atoms with van der Waals surface area (Å²) in [5.74, 6) is -0.434. The maximum absolute atomic E-state index is 11.8. The van der Waals surface area contributed by atoms with Gasteiger partial charge in [0.1, 0.15) is 5.60 Å². The van der Waals surface area contributed by atoms with Crippen molar-refractivity contribution in [3.05, 3.63) is 17.7 Å². The zero-order valence-electron chi connectivity index (χ0n) is 12.9. The number of amides is 1. The first-order valence-electron chi connectivity index (χ1n) is 6.48. The molecular weight excluding hydrogens is 272 g/mol. The topological polar surface area (TPSA) is 91.6 Å². The molecule has 1 amide bonds. The molecule has 6 nitrogen and oxygen atoms in total. The predicted octanol–water partition coefficient (Wildman–Crippen LogP) is 3.37. The molecule has 1 aromatic rings. The summed E-state index contributed by atoms with van der Waals surface area (Å²) < 4.78 is 10.2. The van der Waals surface area contributed by atoms with Gasteiger partial charge in [0.05, 0.1) is 24.8 Å². The van der Waals surface area contributed by atoms with Crippen molar-refractivity contribution in [2.24, 2.45) is 0 Å². The van der Waals surface area contributed by atoms with Gasteiger partial charge < -0.3 is 14.6 Å². The Bertz CT molecular complexity index is 570. The molecule has 114 valence electrons. The molecule has 0 saturated carbocycles. The fourth-order valence-electron chi connectivity index (χ4n) is 1.62. The Kier molecular flexibility index (Phi) is 5.03. The summed E-state index contributed by atoms with van der Waals surface area (Å²) >= 11 is 0. The smallest absolute Gasteiger partial charge is 0.412 e. The number of nitrogens with zero attached hydrogens (tertiary/aromatic N) is 1. The molecule has 0 fully saturated rings. The third-order valence-corrected chi connectivity index (χ3v) is 2.65. The van der Waals surface area contributed by atoms with Crippen molar-refractivity contribution in [3.8, 4) is 17.6 Å². The van der Waals surface area contributed by atoms with E-state index >= 15 is 0 Å². The molecular formula is C15H20N2O4. The van der Waals surface area contributed by atoms with Crippen molar-refractivity contribution in [2.75, 3.05) is 12.4 Å². The number of ether oxygens (including phenoxy) is 2. The highest BCUT2D eigenvalue weighted by molar-refractivity contribution is 5.88. The lowest BCUT2D eigenvalue weighted by Crippen LogP contribution is -2.27. The quantitative estimate of drug-likeness (QED) is 0.833. The predicted molar refractivity (Wildman–Crippen MR) is 78.5 cm³/mol. The van der Waals surface area contributed by atoms with E-state index in [1.54, 1.807) is 33.8 Å². The van der Waals surface area contributed by atoms with Crippen LogP contribution in [0, 0.1) is 11.3 Å². The second-order valence-electron chi connectivity index (χ2n) is 5.60. The number of carbonyl (C=O) groups excluding carboxylic acids is 1. The van der Waals surface area contributed by atoms with Crippen molar-refractivity contribution in [2.45, 2.75) is 39.2 Å². The molecule has 0 bridgehead atoms. The molecule has 21 heavy (non-hydrogen) atoms. The molecule has 1 aromatic carbocycles. The summed E-state index contributed by atoms with van der Waals surface area (Å²) in [7, 11) is 1.40. The minimum atomic E-state index is -0.693. The van der Waals surface area contributed by atoms with E-state index in [0.717, 1.165) is 0 Å². The lowest BCUT2D eigenvalue weighted by atomic mass is 10.0. The number of rotatable bonds is 3. The molecule has 0 heterocycles. The summed E-state index contributed by atoms with van der Waals surface area (Å²) in [4.78, 5) is 11.8. The van der Waals surface area contributed by atoms with Gasteiger partial charge in [0.2, 0.25) is 0 Å². The van der Waals surface area contributed by atoms with Crippen LogP contribution in [0.25, 0.3) is 0 Å². The lowest BCUT2D eigenvalue weighted by Gasteiger charge is -2.20. The molecule has 0 radical (unpaired) electrons. The van der Waals surface area contributed by atoms with E-state index in [2.05, 4.69) is 11.4 Å². The molecule has 0 aliphatic carbocycles. The molecule has 0 spiro atoms. The zero-order chi connectivity index (χ0) is 16.2. The number of benzene rings is 1. The van der Waals surface area contributed by atoms with E-state index in [0.29, 0.717) is 5.56 Å². The number of nitriles is 1. The SMILES string of the molecule is COc1cc(C(C)C#N)cc(NC(=O)OC(C)(C)C)c1O. The number of carbonyl (C=O) groups is 1. The molecule has 0 aliphatic heterocycles. The van der Waals surface area contributed by atoms with E-state index < -0.39 is 17.6 Å². The van der Waals surface area contributed by atoms with Crippen molar-refractivity contribution in [1.82, 2.24) is 0 Å². The molecule has 1 unspecified atom stereocenters. The average molecular weight is 292 g/mol. The maximum atomic E-state index is 11.8. The molecule has 2 N–H and O–H groups in total. The van der Waals surface area contributed by atoms with E-state index in [9.17, 15) is 9.90 Å². The van der Waals surface area contributed by atoms with Crippen LogP contribution < -0.4 is 10.1 Å². The monoisotopic (exact) mass is 292 g/mol. The Hall–Kier alpha value is -2.42. The first-order chi connectivity index (χ1) is 9.67. The van der Waals surface area contributed by atoms with Crippen molar-refractivity contribution < 1.29 is 19.4 Å². The Balaban J connectivity index is 3.11. The number of hydrogen-bond acceptors (Lipinski definition) is 5. The second kappa shape index (κ2) is 6.35. The Morgan fingerprint density at radius 2 is 2.05 bits per heavy atom. The maximum Gasteiger partial charge on any atom is 0.412 e. The fourth-order valence-corrected chi connectivity index (χ4v) is 1.62. The van der Waals surface area contributed by atoms with Crippen LogP contribution in [0.1, 0.15) is 39.2 Å². The normalized spacial score (nSPS) is 12.2. The number of phenols is 1. The Morgan fingerprint density at radius 3 is 2.52 bits per heavy atom. The second-order valence-corrected chi connectivity index (χ2v) is 5.60. The van der Waals surface area contributed by atoms with Crippen LogP contribution in [0.3, 0.4) is 0 Å². The highest BCUT2D eigenvalue weighted by Crippen LogP contribution is 2.37. The molecule has 0 aliphatic rings. The molecule has 0 saturated heterocycles. The van der Waals surface area contributed by atoms with Gasteiger partial charge in [0, 0.05) is 0 Å². The van der Waals surface area contributed by atoms with E-state index in [4.69, 9.17) is 14.7 Å². The first-order valence-corrected chi connectivity index (χ1v) is 6.48. The number of anilines is 1. The van der Waals surface area contributed by atoms with Crippen LogP contribution >= 0.6 is 0 Å². The van der Waals surface area contributed by atoms with E-state index in [1.807, 2.05) is 0 Å². The highest BCUT2D eigenvalue weighted by Gasteiger charge is 2.20. The average Bonchev–Trinajstić information content (AvgIpc) is 2.37. The number of methoxy groups -OCH3 is 1. The third-order valence-electron chi connectivity index (χ3n) is 2.65. The molecule has 1 atom stereocenters. The van der Waals surface area contributed by atoms with Gasteiger partial charge in [-0.1, -0.05) is 0 Å². The summed E-state index contributed by atoms with van der Waals surface area (Å²) in [6.45, 7) is 6.92. The number of nitrogens with one attached hydrogen (secondary N) is 1. The van der Waals surface area contributed by atoms with Gasteiger partial charge in [0.25, 0.3) is 0 Å². The molecule has 6 heteroatoms. The van der Waals surface area contributed by atoms with Crippen molar-refractivity contribution in [1.29, 1.82) is 5.26 Å². The zero-order valence-corrected chi connectivity index (χ0v) is 12.9. The third kappa shape index (κ3) is 4.56. The number of aromatic hydroxyl groups is 1. The van der Waals surface area contributed by atoms with Gasteiger partial charge in [-0.05, 0) is 45.4 Å². The fraction of sp³-hybridized carbons (Fsp3) is 0.467. The minimum Gasteiger partial charge on any atom is -0.503 e. The standard InChI is InChI=1S/C15H20N2O4/c1-9(8-16)10-6-11(13(18)12(7-10)20-5)17-14(19)21-15(2,3)4/h6-7,9,18H,1-5H3,(H,17,19). The molecule has 1 rings (SSSR count). The minimum absolute atomic E-state index is 0.140. The summed E-state index contributed by atoms with van der Waals surface area (Å²) in [5, 5.41) is 21.5. The summed E-state index contributed by atoms with van der Waals surface area (Å²) in [6, 6.07) is 5.17. The van der Waals surface area contributed by atoms with Crippen molar-refractivity contribution >= 4 is 11.8 Å². The van der Waals surface area contributed by atoms with Crippen LogP contribution in [0.4, 0.5) is 10.5 Å². The Labute approximate surface area is 124 Å². The van der Waals surface area contributed by atoms with Gasteiger partial charge in [0.15, 0.2) is 11.5 Å². The Morgan fingerprint density at radius 1 is 1.43 bits per heavy atom. The van der Waals surface area contributed by atoms with E-state index in [1.165, 1.54) is 13.2 Å². The van der Waals surface area contributed by atoms with Gasteiger partial charge >= 0.3 is 6.09 Å². The highest BCUT2D eigenvalue weighted by atomic mass is 16.6. The van der Waals surface area contributed by atoms with Crippen LogP contribution in [-0.2, 0) is 4.74 Å². The van der Waals surface area contributed by atoms with Gasteiger partial charge in [-0.3, -0.25) is 5.32 Å². The lowest BCUT2D eigenvalue weighted by molar-refractivity contribution is 0.0635. The van der Waals surface area contributed by atoms with Crippen LogP contribution in [-0.4, -0.2) is 23.9 Å². The van der Waals surface area contributed by atoms with Crippen LogP contribution in [0.15, 0.2) is 12.1 Å². The van der Waals surface area contributed by atoms with Gasteiger partial charge in [-0.25, -0.2) is 4.79 Å². The summed E-state index contributed by atoms with van der Waals surface area (Å²) in [5.41, 5.74) is 0.111. The number of phenolic OH excluding ortho intramolecular Hbond substituents is 1. The largest absolute Gasteiger partial charge is 0.503 e. The van der Waals surface area contributed by atoms with Gasteiger partial charge in [-0.15, -0.1) is 0 Å². The van der Waals surface area contributed by atoms with E-state index in [-0.39, 0.29) is 17.2 Å². The van der Waals surface area contributed by atoms with Crippen LogP contribution in [0.5, 0.6) is 11.5 Å². The van der Waals surface area contributed by atoms with Crippen LogP contribution in [0.2, 0.25) is 0 Å². The van der Waals surface area contributed by atoms with Gasteiger partial charge in [-0.2, -0.15) is 5.26 Å². The van der Waals surface area contributed by atoms with Crippen molar-refractivity contribution in [3.63, 3.8) is 0 Å².